The maximum absolute atomic E-state index is 12.2. The molecule has 0 bridgehead atoms. The van der Waals surface area contributed by atoms with Crippen molar-refractivity contribution in [3.63, 3.8) is 0 Å². The third-order valence-corrected chi connectivity index (χ3v) is 5.89. The number of phenolic OH excluding ortho intramolecular Hbond substituents is 1. The Balaban J connectivity index is 1.74. The molecule has 1 aliphatic heterocycles. The van der Waals surface area contributed by atoms with E-state index in [0.717, 1.165) is 47.0 Å². The quantitative estimate of drug-likeness (QED) is 0.498. The molecule has 148 valence electrons. The van der Waals surface area contributed by atoms with Gasteiger partial charge in [0.2, 0.25) is 0 Å². The van der Waals surface area contributed by atoms with Crippen molar-refractivity contribution in [2.45, 2.75) is 25.4 Å². The lowest BCUT2D eigenvalue weighted by atomic mass is 9.95. The Morgan fingerprint density at radius 1 is 1.17 bits per heavy atom. The maximum Gasteiger partial charge on any atom is 0.348 e. The van der Waals surface area contributed by atoms with Gasteiger partial charge >= 0.3 is 5.69 Å². The lowest BCUT2D eigenvalue weighted by molar-refractivity contribution is 0.153. The van der Waals surface area contributed by atoms with E-state index in [1.807, 2.05) is 42.5 Å². The standard InChI is InChI=1S/C22H22N4O3/c27-13-15-6-4-10-25(15)12-14-5-3-9-19(28)21(14)17-11-20-23-24-22(29)26(20)18-8-2-1-7-16(17)18/h1-3,5,7-9,11,15,27-28H,4,6,10,12-13H2,(H,24,29)/t15-/m0/s1. The van der Waals surface area contributed by atoms with Crippen LogP contribution in [0.5, 0.6) is 5.75 Å². The summed E-state index contributed by atoms with van der Waals surface area (Å²) >= 11 is 0. The molecule has 29 heavy (non-hydrogen) atoms. The number of fused-ring (bicyclic) bond motifs is 3. The number of aromatic amines is 1. The van der Waals surface area contributed by atoms with E-state index in [1.165, 1.54) is 0 Å². The molecule has 1 atom stereocenters. The number of hydrogen-bond acceptors (Lipinski definition) is 5. The Hall–Kier alpha value is -3.16. The van der Waals surface area contributed by atoms with Crippen LogP contribution in [-0.4, -0.2) is 48.9 Å². The fourth-order valence-electron chi connectivity index (χ4n) is 4.51. The number of aromatic nitrogens is 3. The van der Waals surface area contributed by atoms with Gasteiger partial charge < -0.3 is 10.2 Å². The number of nitrogens with one attached hydrogen (secondary N) is 1. The summed E-state index contributed by atoms with van der Waals surface area (Å²) in [6, 6.07) is 15.2. The van der Waals surface area contributed by atoms with Crippen LogP contribution in [0.25, 0.3) is 27.7 Å². The number of aliphatic hydroxyl groups excluding tert-OH is 1. The van der Waals surface area contributed by atoms with E-state index in [9.17, 15) is 15.0 Å². The predicted molar refractivity (Wildman–Crippen MR) is 111 cm³/mol. The molecule has 2 aromatic heterocycles. The minimum atomic E-state index is -0.289. The molecule has 4 aromatic rings. The molecule has 1 saturated heterocycles. The Kier molecular flexibility index (Phi) is 4.34. The summed E-state index contributed by atoms with van der Waals surface area (Å²) in [5.41, 5.74) is 3.51. The van der Waals surface area contributed by atoms with E-state index in [1.54, 1.807) is 10.5 Å². The molecule has 1 fully saturated rings. The summed E-state index contributed by atoms with van der Waals surface area (Å²) in [6.45, 7) is 1.70. The van der Waals surface area contributed by atoms with Crippen molar-refractivity contribution in [2.24, 2.45) is 0 Å². The van der Waals surface area contributed by atoms with Gasteiger partial charge in [-0.2, -0.15) is 5.10 Å². The number of H-pyrrole nitrogens is 1. The molecule has 1 aliphatic rings. The Bertz CT molecular complexity index is 1260. The molecule has 0 aliphatic carbocycles. The monoisotopic (exact) mass is 390 g/mol. The van der Waals surface area contributed by atoms with E-state index in [-0.39, 0.29) is 24.1 Å². The van der Waals surface area contributed by atoms with Crippen molar-refractivity contribution in [3.05, 3.63) is 64.6 Å². The number of rotatable bonds is 4. The summed E-state index contributed by atoms with van der Waals surface area (Å²) in [4.78, 5) is 14.5. The highest BCUT2D eigenvalue weighted by Crippen LogP contribution is 2.38. The van der Waals surface area contributed by atoms with Crippen LogP contribution in [0.1, 0.15) is 18.4 Å². The Morgan fingerprint density at radius 2 is 2.03 bits per heavy atom. The lowest BCUT2D eigenvalue weighted by Gasteiger charge is -2.24. The van der Waals surface area contributed by atoms with Gasteiger partial charge in [0.05, 0.1) is 12.1 Å². The summed E-state index contributed by atoms with van der Waals surface area (Å²) < 4.78 is 1.54. The van der Waals surface area contributed by atoms with Gasteiger partial charge in [-0.25, -0.2) is 14.3 Å². The van der Waals surface area contributed by atoms with Crippen molar-refractivity contribution < 1.29 is 10.2 Å². The minimum Gasteiger partial charge on any atom is -0.507 e. The first kappa shape index (κ1) is 17.9. The van der Waals surface area contributed by atoms with E-state index in [0.29, 0.717) is 12.2 Å². The second-order valence-corrected chi connectivity index (χ2v) is 7.56. The van der Waals surface area contributed by atoms with Crippen molar-refractivity contribution in [3.8, 4) is 16.9 Å². The SMILES string of the molecule is O=c1[nH]nc2cc(-c3c(O)cccc3CN3CCC[C@H]3CO)c3ccccc3n12. The molecule has 0 amide bonds. The second-order valence-electron chi connectivity index (χ2n) is 7.56. The van der Waals surface area contributed by atoms with E-state index in [4.69, 9.17) is 0 Å². The zero-order valence-corrected chi connectivity index (χ0v) is 15.9. The fraction of sp³-hybridized carbons (Fsp3) is 0.273. The van der Waals surface area contributed by atoms with Crippen LogP contribution in [0.4, 0.5) is 0 Å². The van der Waals surface area contributed by atoms with Crippen LogP contribution in [-0.2, 0) is 6.54 Å². The summed E-state index contributed by atoms with van der Waals surface area (Å²) in [6.07, 6.45) is 2.04. The van der Waals surface area contributed by atoms with Crippen LogP contribution in [0.2, 0.25) is 0 Å². The third kappa shape index (κ3) is 2.90. The number of nitrogens with zero attached hydrogens (tertiary/aromatic N) is 3. The molecule has 0 radical (unpaired) electrons. The highest BCUT2D eigenvalue weighted by atomic mass is 16.3. The molecule has 3 heterocycles. The van der Waals surface area contributed by atoms with Crippen LogP contribution >= 0.6 is 0 Å². The number of aliphatic hydroxyl groups is 1. The van der Waals surface area contributed by atoms with Crippen LogP contribution in [0.15, 0.2) is 53.3 Å². The molecule has 7 nitrogen and oxygen atoms in total. The number of pyridine rings is 1. The van der Waals surface area contributed by atoms with Gasteiger partial charge in [-0.3, -0.25) is 4.90 Å². The van der Waals surface area contributed by atoms with Crippen molar-refractivity contribution in [1.82, 2.24) is 19.5 Å². The van der Waals surface area contributed by atoms with Crippen LogP contribution < -0.4 is 5.69 Å². The average Bonchev–Trinajstić information content (AvgIpc) is 3.34. The largest absolute Gasteiger partial charge is 0.507 e. The van der Waals surface area contributed by atoms with Crippen molar-refractivity contribution in [2.75, 3.05) is 13.2 Å². The van der Waals surface area contributed by atoms with Crippen LogP contribution in [0, 0.1) is 0 Å². The van der Waals surface area contributed by atoms with Crippen LogP contribution in [0.3, 0.4) is 0 Å². The molecule has 2 aromatic carbocycles. The number of benzene rings is 2. The topological polar surface area (TPSA) is 93.9 Å². The van der Waals surface area contributed by atoms with E-state index in [2.05, 4.69) is 15.1 Å². The lowest BCUT2D eigenvalue weighted by Crippen LogP contribution is -2.31. The highest BCUT2D eigenvalue weighted by Gasteiger charge is 2.25. The normalized spacial score (nSPS) is 17.5. The number of phenols is 1. The number of para-hydroxylation sites is 1. The molecule has 0 saturated carbocycles. The summed E-state index contributed by atoms with van der Waals surface area (Å²) in [5.74, 6) is 0.189. The number of hydrogen-bond donors (Lipinski definition) is 3. The molecule has 0 unspecified atom stereocenters. The minimum absolute atomic E-state index is 0.138. The zero-order chi connectivity index (χ0) is 20.0. The van der Waals surface area contributed by atoms with Gasteiger partial charge in [0.15, 0.2) is 5.65 Å². The maximum atomic E-state index is 12.2. The van der Waals surface area contributed by atoms with Crippen molar-refractivity contribution >= 4 is 16.6 Å². The third-order valence-electron chi connectivity index (χ3n) is 5.89. The summed E-state index contributed by atoms with van der Waals surface area (Å²) in [5, 5.41) is 28.0. The first-order valence-electron chi connectivity index (χ1n) is 9.82. The highest BCUT2D eigenvalue weighted by molar-refractivity contribution is 5.99. The molecular weight excluding hydrogens is 368 g/mol. The zero-order valence-electron chi connectivity index (χ0n) is 15.9. The van der Waals surface area contributed by atoms with Gasteiger partial charge in [-0.1, -0.05) is 30.3 Å². The molecular formula is C22H22N4O3. The first-order valence-corrected chi connectivity index (χ1v) is 9.82. The summed E-state index contributed by atoms with van der Waals surface area (Å²) in [7, 11) is 0. The van der Waals surface area contributed by atoms with Gasteiger partial charge in [0.25, 0.3) is 0 Å². The van der Waals surface area contributed by atoms with Gasteiger partial charge in [-0.05, 0) is 48.7 Å². The number of likely N-dealkylation sites (tertiary alicyclic amines) is 1. The van der Waals surface area contributed by atoms with Crippen molar-refractivity contribution in [1.29, 1.82) is 0 Å². The van der Waals surface area contributed by atoms with E-state index >= 15 is 0 Å². The molecule has 7 heteroatoms. The second kappa shape index (κ2) is 7.02. The van der Waals surface area contributed by atoms with E-state index < -0.39 is 0 Å². The first-order chi connectivity index (χ1) is 14.2. The predicted octanol–water partition coefficient (Wildman–Crippen LogP) is 2.51. The molecule has 5 rings (SSSR count). The Labute approximate surface area is 166 Å². The molecule has 0 spiro atoms. The number of aromatic hydroxyl groups is 1. The van der Waals surface area contributed by atoms with Gasteiger partial charge in [0, 0.05) is 23.5 Å². The van der Waals surface area contributed by atoms with Gasteiger partial charge in [-0.15, -0.1) is 0 Å². The fourth-order valence-corrected chi connectivity index (χ4v) is 4.51. The average molecular weight is 390 g/mol. The Morgan fingerprint density at radius 3 is 2.90 bits per heavy atom. The molecule has 3 N–H and O–H groups in total. The smallest absolute Gasteiger partial charge is 0.348 e. The van der Waals surface area contributed by atoms with Gasteiger partial charge in [0.1, 0.15) is 5.75 Å².